The van der Waals surface area contributed by atoms with Crippen molar-refractivity contribution in [2.75, 3.05) is 4.90 Å². The van der Waals surface area contributed by atoms with Crippen LogP contribution in [0.15, 0.2) is 72.4 Å². The summed E-state index contributed by atoms with van der Waals surface area (Å²) in [5, 5.41) is 3.17. The maximum absolute atomic E-state index is 13.1. The molecule has 0 radical (unpaired) electrons. The second kappa shape index (κ2) is 7.83. The lowest BCUT2D eigenvalue weighted by Crippen LogP contribution is -2.54. The van der Waals surface area contributed by atoms with Crippen molar-refractivity contribution >= 4 is 64.1 Å². The molecule has 5 nitrogen and oxygen atoms in total. The molecular formula is C21H13Cl2N3O2S. The second-order valence-electron chi connectivity index (χ2n) is 6.19. The van der Waals surface area contributed by atoms with E-state index in [4.69, 9.17) is 35.4 Å². The molecule has 0 saturated carbocycles. The summed E-state index contributed by atoms with van der Waals surface area (Å²) < 4.78 is 1.88. The highest BCUT2D eigenvalue weighted by Crippen LogP contribution is 2.29. The van der Waals surface area contributed by atoms with Gasteiger partial charge in [-0.1, -0.05) is 41.4 Å². The average Bonchev–Trinajstić information content (AvgIpc) is 3.17. The zero-order chi connectivity index (χ0) is 20.5. The van der Waals surface area contributed by atoms with Crippen LogP contribution in [0.4, 0.5) is 5.69 Å². The Morgan fingerprint density at radius 1 is 0.897 bits per heavy atom. The van der Waals surface area contributed by atoms with Crippen molar-refractivity contribution in [1.29, 1.82) is 0 Å². The molecule has 1 aliphatic rings. The first kappa shape index (κ1) is 19.4. The summed E-state index contributed by atoms with van der Waals surface area (Å²) in [5.41, 5.74) is 1.96. The highest BCUT2D eigenvalue weighted by Gasteiger charge is 2.34. The SMILES string of the molecule is O=C1NC(=S)N(c2ccc(Cl)c(Cl)c2)C(=O)/C1=C/c1cccn1-c1ccccc1. The molecule has 2 amide bonds. The zero-order valence-electron chi connectivity index (χ0n) is 14.8. The van der Waals surface area contributed by atoms with Crippen LogP contribution in [0.3, 0.4) is 0 Å². The molecule has 0 aliphatic carbocycles. The first-order chi connectivity index (χ1) is 14.0. The molecule has 3 aromatic rings. The molecule has 2 aromatic carbocycles. The summed E-state index contributed by atoms with van der Waals surface area (Å²) in [4.78, 5) is 26.9. The fraction of sp³-hybridized carbons (Fsp3) is 0. The number of para-hydroxylation sites is 1. The number of benzene rings is 2. The van der Waals surface area contributed by atoms with Gasteiger partial charge in [-0.25, -0.2) is 0 Å². The van der Waals surface area contributed by atoms with E-state index in [0.717, 1.165) is 5.69 Å². The van der Waals surface area contributed by atoms with Gasteiger partial charge in [0.2, 0.25) is 0 Å². The van der Waals surface area contributed by atoms with Gasteiger partial charge in [-0.05, 0) is 60.8 Å². The predicted octanol–water partition coefficient (Wildman–Crippen LogP) is 4.62. The summed E-state index contributed by atoms with van der Waals surface area (Å²) in [6.07, 6.45) is 3.39. The van der Waals surface area contributed by atoms with E-state index in [1.807, 2.05) is 53.2 Å². The number of rotatable bonds is 3. The number of halogens is 2. The third-order valence-corrected chi connectivity index (χ3v) is 5.39. The number of hydrogen-bond donors (Lipinski definition) is 1. The fourth-order valence-corrected chi connectivity index (χ4v) is 3.57. The normalized spacial score (nSPS) is 15.7. The highest BCUT2D eigenvalue weighted by molar-refractivity contribution is 7.80. The van der Waals surface area contributed by atoms with Crippen LogP contribution in [0, 0.1) is 0 Å². The van der Waals surface area contributed by atoms with Gasteiger partial charge < -0.3 is 4.57 Å². The molecule has 0 unspecified atom stereocenters. The minimum atomic E-state index is -0.558. The number of carbonyl (C=O) groups excluding carboxylic acids is 2. The van der Waals surface area contributed by atoms with Crippen molar-refractivity contribution in [3.05, 3.63) is 88.2 Å². The van der Waals surface area contributed by atoms with Gasteiger partial charge in [0.1, 0.15) is 5.57 Å². The van der Waals surface area contributed by atoms with E-state index in [9.17, 15) is 9.59 Å². The number of amides is 2. The van der Waals surface area contributed by atoms with Crippen LogP contribution >= 0.6 is 35.4 Å². The zero-order valence-corrected chi connectivity index (χ0v) is 17.1. The lowest BCUT2D eigenvalue weighted by molar-refractivity contribution is -0.122. The van der Waals surface area contributed by atoms with Crippen LogP contribution in [0.2, 0.25) is 10.0 Å². The number of aromatic nitrogens is 1. The molecule has 0 bridgehead atoms. The molecule has 4 rings (SSSR count). The Morgan fingerprint density at radius 3 is 2.38 bits per heavy atom. The van der Waals surface area contributed by atoms with Gasteiger partial charge in [-0.2, -0.15) is 0 Å². The molecule has 0 atom stereocenters. The molecule has 29 heavy (non-hydrogen) atoms. The Balaban J connectivity index is 1.75. The lowest BCUT2D eigenvalue weighted by atomic mass is 10.1. The van der Waals surface area contributed by atoms with Crippen molar-refractivity contribution in [1.82, 2.24) is 9.88 Å². The summed E-state index contributed by atoms with van der Waals surface area (Å²) in [6.45, 7) is 0. The molecule has 1 aromatic heterocycles. The highest BCUT2D eigenvalue weighted by atomic mass is 35.5. The first-order valence-corrected chi connectivity index (χ1v) is 9.71. The van der Waals surface area contributed by atoms with E-state index in [1.165, 1.54) is 17.0 Å². The van der Waals surface area contributed by atoms with E-state index >= 15 is 0 Å². The largest absolute Gasteiger partial charge is 0.317 e. The van der Waals surface area contributed by atoms with Crippen molar-refractivity contribution in [2.24, 2.45) is 0 Å². The van der Waals surface area contributed by atoms with Crippen LogP contribution < -0.4 is 10.2 Å². The molecule has 144 valence electrons. The number of anilines is 1. The van der Waals surface area contributed by atoms with E-state index < -0.39 is 11.8 Å². The summed E-state index contributed by atoms with van der Waals surface area (Å²) >= 11 is 17.2. The molecule has 1 fully saturated rings. The van der Waals surface area contributed by atoms with Crippen molar-refractivity contribution in [2.45, 2.75) is 0 Å². The number of nitrogens with one attached hydrogen (secondary N) is 1. The maximum Gasteiger partial charge on any atom is 0.270 e. The van der Waals surface area contributed by atoms with Crippen LogP contribution in [-0.4, -0.2) is 21.5 Å². The van der Waals surface area contributed by atoms with E-state index in [-0.39, 0.29) is 15.7 Å². The molecule has 1 saturated heterocycles. The van der Waals surface area contributed by atoms with E-state index in [0.29, 0.717) is 16.4 Å². The Bertz CT molecular complexity index is 1170. The third-order valence-electron chi connectivity index (χ3n) is 4.37. The first-order valence-electron chi connectivity index (χ1n) is 8.55. The van der Waals surface area contributed by atoms with Crippen LogP contribution in [-0.2, 0) is 9.59 Å². The standard InChI is InChI=1S/C21H13Cl2N3O2S/c22-17-9-8-15(12-18(17)23)26-20(28)16(19(27)24-21(26)29)11-14-7-4-10-25(14)13-5-2-1-3-6-13/h1-12H,(H,24,27,29)/b16-11+. The summed E-state index contributed by atoms with van der Waals surface area (Å²) in [7, 11) is 0. The van der Waals surface area contributed by atoms with Gasteiger partial charge in [0, 0.05) is 17.6 Å². The number of carbonyl (C=O) groups is 2. The summed E-state index contributed by atoms with van der Waals surface area (Å²) in [5.74, 6) is -1.10. The average molecular weight is 442 g/mol. The van der Waals surface area contributed by atoms with Crippen molar-refractivity contribution in [3.63, 3.8) is 0 Å². The Kier molecular flexibility index (Phi) is 5.24. The third kappa shape index (κ3) is 3.70. The fourth-order valence-electron chi connectivity index (χ4n) is 3.00. The van der Waals surface area contributed by atoms with E-state index in [2.05, 4.69) is 5.32 Å². The quantitative estimate of drug-likeness (QED) is 0.366. The number of nitrogens with zero attached hydrogens (tertiary/aromatic N) is 2. The second-order valence-corrected chi connectivity index (χ2v) is 7.40. The molecule has 8 heteroatoms. The maximum atomic E-state index is 13.1. The lowest BCUT2D eigenvalue weighted by Gasteiger charge is -2.29. The van der Waals surface area contributed by atoms with Gasteiger partial charge in [-0.3, -0.25) is 19.8 Å². The van der Waals surface area contributed by atoms with Gasteiger partial charge in [0.15, 0.2) is 5.11 Å². The van der Waals surface area contributed by atoms with Gasteiger partial charge in [-0.15, -0.1) is 0 Å². The van der Waals surface area contributed by atoms with Crippen molar-refractivity contribution < 1.29 is 9.59 Å². The minimum Gasteiger partial charge on any atom is -0.317 e. The molecule has 0 spiro atoms. The Hall–Kier alpha value is -2.93. The van der Waals surface area contributed by atoms with Gasteiger partial charge in [0.05, 0.1) is 15.7 Å². The number of thiocarbonyl (C=S) groups is 1. The van der Waals surface area contributed by atoms with Crippen LogP contribution in [0.1, 0.15) is 5.69 Å². The topological polar surface area (TPSA) is 54.3 Å². The minimum absolute atomic E-state index is 0.0195. The van der Waals surface area contributed by atoms with Crippen LogP contribution in [0.25, 0.3) is 11.8 Å². The molecule has 1 aliphatic heterocycles. The Morgan fingerprint density at radius 2 is 1.66 bits per heavy atom. The van der Waals surface area contributed by atoms with Gasteiger partial charge >= 0.3 is 0 Å². The summed E-state index contributed by atoms with van der Waals surface area (Å²) in [6, 6.07) is 18.0. The monoisotopic (exact) mass is 441 g/mol. The molecular weight excluding hydrogens is 429 g/mol. The molecule has 1 N–H and O–H groups in total. The number of hydrogen-bond acceptors (Lipinski definition) is 3. The predicted molar refractivity (Wildman–Crippen MR) is 118 cm³/mol. The van der Waals surface area contributed by atoms with Crippen molar-refractivity contribution in [3.8, 4) is 5.69 Å². The van der Waals surface area contributed by atoms with E-state index in [1.54, 1.807) is 12.1 Å². The Labute approximate surface area is 182 Å². The van der Waals surface area contributed by atoms with Gasteiger partial charge in [0.25, 0.3) is 11.8 Å². The smallest absolute Gasteiger partial charge is 0.270 e. The van der Waals surface area contributed by atoms with Crippen LogP contribution in [0.5, 0.6) is 0 Å². The molecule has 2 heterocycles.